The van der Waals surface area contributed by atoms with Gasteiger partial charge in [0.15, 0.2) is 0 Å². The molecule has 0 saturated heterocycles. The molecule has 2 aromatic heterocycles. The van der Waals surface area contributed by atoms with Crippen molar-refractivity contribution in [2.24, 2.45) is 0 Å². The van der Waals surface area contributed by atoms with Gasteiger partial charge in [-0.25, -0.2) is 19.7 Å². The SMILES string of the molecule is CNc1nccc(-c2cccnc2Oc2ccc(NC(=O)Nc3ccc(Cl)c(C(F)(F)F)c3)cc2C)n1. The number of alkyl halides is 3. The lowest BCUT2D eigenvalue weighted by Gasteiger charge is -2.14. The fourth-order valence-electron chi connectivity index (χ4n) is 3.36. The Morgan fingerprint density at radius 2 is 1.70 bits per heavy atom. The molecule has 0 radical (unpaired) electrons. The number of halogens is 4. The molecule has 2 amide bonds. The van der Waals surface area contributed by atoms with Crippen LogP contribution in [0, 0.1) is 6.92 Å². The van der Waals surface area contributed by atoms with Crippen molar-refractivity contribution >= 4 is 35.0 Å². The monoisotopic (exact) mass is 528 g/mol. The maximum absolute atomic E-state index is 13.1. The molecule has 4 rings (SSSR count). The van der Waals surface area contributed by atoms with Gasteiger partial charge in [0, 0.05) is 30.8 Å². The molecule has 0 aliphatic rings. The number of hydrogen-bond donors (Lipinski definition) is 3. The van der Waals surface area contributed by atoms with Crippen LogP contribution in [0.5, 0.6) is 11.6 Å². The first-order valence-corrected chi connectivity index (χ1v) is 11.2. The van der Waals surface area contributed by atoms with Crippen LogP contribution in [-0.4, -0.2) is 28.0 Å². The van der Waals surface area contributed by atoms with E-state index in [-0.39, 0.29) is 5.69 Å². The molecule has 37 heavy (non-hydrogen) atoms. The van der Waals surface area contributed by atoms with E-state index in [9.17, 15) is 18.0 Å². The Labute approximate surface area is 214 Å². The summed E-state index contributed by atoms with van der Waals surface area (Å²) >= 11 is 5.62. The predicted octanol–water partition coefficient (Wildman–Crippen LogP) is 7.00. The van der Waals surface area contributed by atoms with E-state index in [1.54, 1.807) is 56.7 Å². The molecule has 0 spiro atoms. The van der Waals surface area contributed by atoms with Crippen LogP contribution in [0.2, 0.25) is 5.02 Å². The van der Waals surface area contributed by atoms with E-state index in [1.165, 1.54) is 6.07 Å². The lowest BCUT2D eigenvalue weighted by molar-refractivity contribution is -0.137. The van der Waals surface area contributed by atoms with Crippen LogP contribution in [-0.2, 0) is 6.18 Å². The maximum atomic E-state index is 13.1. The van der Waals surface area contributed by atoms with Crippen LogP contribution in [0.25, 0.3) is 11.3 Å². The zero-order valence-corrected chi connectivity index (χ0v) is 20.3. The van der Waals surface area contributed by atoms with E-state index < -0.39 is 22.8 Å². The number of urea groups is 1. The van der Waals surface area contributed by atoms with Gasteiger partial charge in [-0.05, 0) is 67.1 Å². The highest BCUT2D eigenvalue weighted by atomic mass is 35.5. The average molecular weight is 529 g/mol. The van der Waals surface area contributed by atoms with Gasteiger partial charge in [0.2, 0.25) is 11.8 Å². The number of benzene rings is 2. The Kier molecular flexibility index (Phi) is 7.44. The predicted molar refractivity (Wildman–Crippen MR) is 135 cm³/mol. The highest BCUT2D eigenvalue weighted by molar-refractivity contribution is 6.31. The molecule has 0 aliphatic carbocycles. The van der Waals surface area contributed by atoms with Crippen LogP contribution in [0.4, 0.5) is 35.3 Å². The van der Waals surface area contributed by atoms with Crippen molar-refractivity contribution < 1.29 is 22.7 Å². The number of hydrogen-bond acceptors (Lipinski definition) is 6. The van der Waals surface area contributed by atoms with Gasteiger partial charge >= 0.3 is 12.2 Å². The molecule has 0 atom stereocenters. The number of amides is 2. The van der Waals surface area contributed by atoms with Gasteiger partial charge in [-0.3, -0.25) is 0 Å². The van der Waals surface area contributed by atoms with Crippen molar-refractivity contribution in [3.05, 3.63) is 83.1 Å². The largest absolute Gasteiger partial charge is 0.438 e. The molecule has 0 saturated carbocycles. The number of aromatic nitrogens is 3. The minimum absolute atomic E-state index is 0.0558. The summed E-state index contributed by atoms with van der Waals surface area (Å²) < 4.78 is 45.2. The normalized spacial score (nSPS) is 11.1. The third-order valence-electron chi connectivity index (χ3n) is 5.10. The van der Waals surface area contributed by atoms with Gasteiger partial charge in [-0.15, -0.1) is 0 Å². The number of anilines is 3. The Morgan fingerprint density at radius 3 is 2.41 bits per heavy atom. The molecule has 8 nitrogen and oxygen atoms in total. The minimum atomic E-state index is -4.64. The molecule has 2 aromatic carbocycles. The number of nitrogens with zero attached hydrogens (tertiary/aromatic N) is 3. The number of carbonyl (C=O) groups excluding carboxylic acids is 1. The zero-order valence-electron chi connectivity index (χ0n) is 19.5. The fourth-order valence-corrected chi connectivity index (χ4v) is 3.58. The summed E-state index contributed by atoms with van der Waals surface area (Å²) in [7, 11) is 1.72. The summed E-state index contributed by atoms with van der Waals surface area (Å²) in [6.07, 6.45) is -1.43. The molecule has 0 unspecified atom stereocenters. The number of rotatable bonds is 6. The minimum Gasteiger partial charge on any atom is -0.438 e. The van der Waals surface area contributed by atoms with Gasteiger partial charge in [-0.2, -0.15) is 13.2 Å². The van der Waals surface area contributed by atoms with E-state index in [0.29, 0.717) is 40.1 Å². The Hall–Kier alpha value is -4.38. The van der Waals surface area contributed by atoms with Crippen molar-refractivity contribution in [2.75, 3.05) is 23.0 Å². The van der Waals surface area contributed by atoms with Crippen LogP contribution in [0.1, 0.15) is 11.1 Å². The first-order valence-electron chi connectivity index (χ1n) is 10.8. The van der Waals surface area contributed by atoms with Crippen molar-refractivity contribution in [1.82, 2.24) is 15.0 Å². The van der Waals surface area contributed by atoms with E-state index in [0.717, 1.165) is 12.1 Å². The van der Waals surface area contributed by atoms with Crippen molar-refractivity contribution in [3.63, 3.8) is 0 Å². The first kappa shape index (κ1) is 25.7. The van der Waals surface area contributed by atoms with Gasteiger partial charge < -0.3 is 20.7 Å². The van der Waals surface area contributed by atoms with Crippen molar-refractivity contribution in [2.45, 2.75) is 13.1 Å². The molecular formula is C25H20ClF3N6O2. The molecule has 0 bridgehead atoms. The summed E-state index contributed by atoms with van der Waals surface area (Å²) in [6.45, 7) is 1.78. The summed E-state index contributed by atoms with van der Waals surface area (Å²) in [5.41, 5.74) is 1.26. The summed E-state index contributed by atoms with van der Waals surface area (Å²) in [4.78, 5) is 25.2. The topological polar surface area (TPSA) is 101 Å². The number of nitrogens with one attached hydrogen (secondary N) is 3. The summed E-state index contributed by atoms with van der Waals surface area (Å²) in [5, 5.41) is 7.39. The number of ether oxygens (including phenoxy) is 1. The quantitative estimate of drug-likeness (QED) is 0.249. The smallest absolute Gasteiger partial charge is 0.417 e. The van der Waals surface area contributed by atoms with Crippen LogP contribution < -0.4 is 20.7 Å². The highest BCUT2D eigenvalue weighted by Crippen LogP contribution is 2.36. The number of pyridine rings is 1. The van der Waals surface area contributed by atoms with E-state index >= 15 is 0 Å². The van der Waals surface area contributed by atoms with E-state index in [1.807, 2.05) is 6.07 Å². The molecule has 12 heteroatoms. The van der Waals surface area contributed by atoms with Crippen molar-refractivity contribution in [1.29, 1.82) is 0 Å². The van der Waals surface area contributed by atoms with Crippen LogP contribution >= 0.6 is 11.6 Å². The number of carbonyl (C=O) groups is 1. The lowest BCUT2D eigenvalue weighted by Crippen LogP contribution is -2.20. The molecule has 2 heterocycles. The van der Waals surface area contributed by atoms with Crippen LogP contribution in [0.3, 0.4) is 0 Å². The summed E-state index contributed by atoms with van der Waals surface area (Å²) in [5.74, 6) is 1.26. The zero-order chi connectivity index (χ0) is 26.6. The maximum Gasteiger partial charge on any atom is 0.417 e. The van der Waals surface area contributed by atoms with E-state index in [2.05, 4.69) is 30.9 Å². The first-order chi connectivity index (χ1) is 17.6. The van der Waals surface area contributed by atoms with Crippen molar-refractivity contribution in [3.8, 4) is 22.9 Å². The molecule has 3 N–H and O–H groups in total. The standard InChI is InChI=1S/C25H20ClF3N6O2/c1-14-12-15(33-24(36)34-16-5-7-19(26)18(13-16)25(27,28)29)6-8-21(14)37-22-17(4-3-10-31-22)20-9-11-32-23(30-2)35-20/h3-13H,1-2H3,(H,30,32,35)(H2,33,34,36). The van der Waals surface area contributed by atoms with Gasteiger partial charge in [-0.1, -0.05) is 11.6 Å². The molecule has 0 fully saturated rings. The van der Waals surface area contributed by atoms with Crippen LogP contribution in [0.15, 0.2) is 67.0 Å². The average Bonchev–Trinajstić information content (AvgIpc) is 2.86. The molecular weight excluding hydrogens is 509 g/mol. The van der Waals surface area contributed by atoms with Gasteiger partial charge in [0.05, 0.1) is 21.8 Å². The Balaban J connectivity index is 1.48. The highest BCUT2D eigenvalue weighted by Gasteiger charge is 2.33. The second kappa shape index (κ2) is 10.7. The van der Waals surface area contributed by atoms with E-state index in [4.69, 9.17) is 16.3 Å². The summed E-state index contributed by atoms with van der Waals surface area (Å²) in [6, 6.07) is 12.6. The van der Waals surface area contributed by atoms with Gasteiger partial charge in [0.25, 0.3) is 0 Å². The second-order valence-electron chi connectivity index (χ2n) is 7.73. The Bertz CT molecular complexity index is 1450. The molecule has 4 aromatic rings. The lowest BCUT2D eigenvalue weighted by atomic mass is 10.1. The molecule has 190 valence electrons. The number of aryl methyl sites for hydroxylation is 1. The fraction of sp³-hybridized carbons (Fsp3) is 0.120. The molecule has 0 aliphatic heterocycles. The third-order valence-corrected chi connectivity index (χ3v) is 5.42. The Morgan fingerprint density at radius 1 is 0.973 bits per heavy atom. The third kappa shape index (κ3) is 6.25. The van der Waals surface area contributed by atoms with Gasteiger partial charge in [0.1, 0.15) is 5.75 Å². The second-order valence-corrected chi connectivity index (χ2v) is 8.13.